The maximum Gasteiger partial charge on any atom is 0.222 e. The largest absolute Gasteiger partial charge is 0.494 e. The fraction of sp³-hybridized carbons (Fsp3) is 0.632. The van der Waals surface area contributed by atoms with E-state index in [1.807, 2.05) is 37.1 Å². The number of nitrogens with zero attached hydrogens (tertiary/aromatic N) is 1. The molecule has 0 unspecified atom stereocenters. The van der Waals surface area contributed by atoms with Crippen LogP contribution in [0.5, 0.6) is 5.75 Å². The minimum Gasteiger partial charge on any atom is -0.494 e. The molecule has 5 heteroatoms. The van der Waals surface area contributed by atoms with E-state index < -0.39 is 0 Å². The monoisotopic (exact) mass is 354 g/mol. The summed E-state index contributed by atoms with van der Waals surface area (Å²) in [5.41, 5.74) is 1.13. The molecule has 0 atom stereocenters. The molecule has 1 fully saturated rings. The van der Waals surface area contributed by atoms with Crippen LogP contribution in [0.4, 0.5) is 0 Å². The van der Waals surface area contributed by atoms with Crippen molar-refractivity contribution in [1.29, 1.82) is 0 Å². The van der Waals surface area contributed by atoms with Crippen molar-refractivity contribution in [2.45, 2.75) is 39.0 Å². The van der Waals surface area contributed by atoms with Crippen LogP contribution in [-0.2, 0) is 11.2 Å². The molecule has 1 aromatic rings. The summed E-state index contributed by atoms with van der Waals surface area (Å²) in [6.07, 6.45) is 4.84. The first kappa shape index (κ1) is 20.8. The second kappa shape index (κ2) is 11.3. The summed E-state index contributed by atoms with van der Waals surface area (Å²) in [5.74, 6) is 1.96. The van der Waals surface area contributed by atoms with Gasteiger partial charge in [-0.05, 0) is 63.7 Å². The minimum absolute atomic E-state index is 0. The number of amides is 1. The van der Waals surface area contributed by atoms with Gasteiger partial charge in [-0.2, -0.15) is 0 Å². The van der Waals surface area contributed by atoms with Gasteiger partial charge >= 0.3 is 0 Å². The summed E-state index contributed by atoms with van der Waals surface area (Å²) < 4.78 is 5.64. The Labute approximate surface area is 152 Å². The standard InChI is InChI=1S/C19H30N2O2.ClH/c1-3-23-18-7-5-4-6-17(18)8-9-19(22)21-14-11-16(12-15-21)10-13-20-2;/h4-7,16,20H,3,8-15H2,1-2H3;1H. The van der Waals surface area contributed by atoms with E-state index in [0.717, 1.165) is 56.1 Å². The molecule has 0 radical (unpaired) electrons. The van der Waals surface area contributed by atoms with E-state index >= 15 is 0 Å². The summed E-state index contributed by atoms with van der Waals surface area (Å²) >= 11 is 0. The van der Waals surface area contributed by atoms with E-state index in [-0.39, 0.29) is 18.3 Å². The molecule has 0 aliphatic carbocycles. The van der Waals surface area contributed by atoms with Gasteiger partial charge in [-0.3, -0.25) is 4.79 Å². The molecule has 1 heterocycles. The predicted molar refractivity (Wildman–Crippen MR) is 101 cm³/mol. The summed E-state index contributed by atoms with van der Waals surface area (Å²) in [4.78, 5) is 14.5. The Morgan fingerprint density at radius 2 is 2.00 bits per heavy atom. The number of piperidine rings is 1. The van der Waals surface area contributed by atoms with Gasteiger partial charge in [0.1, 0.15) is 5.75 Å². The summed E-state index contributed by atoms with van der Waals surface area (Å²) in [6, 6.07) is 8.03. The van der Waals surface area contributed by atoms with Crippen molar-refractivity contribution in [2.24, 2.45) is 5.92 Å². The van der Waals surface area contributed by atoms with Gasteiger partial charge in [-0.25, -0.2) is 0 Å². The van der Waals surface area contributed by atoms with Gasteiger partial charge in [-0.1, -0.05) is 18.2 Å². The number of carbonyl (C=O) groups excluding carboxylic acids is 1. The lowest BCUT2D eigenvalue weighted by Crippen LogP contribution is -2.39. The van der Waals surface area contributed by atoms with Crippen LogP contribution in [0.25, 0.3) is 0 Å². The third-order valence-electron chi connectivity index (χ3n) is 4.65. The normalized spacial score (nSPS) is 15.0. The van der Waals surface area contributed by atoms with Crippen molar-refractivity contribution in [3.63, 3.8) is 0 Å². The number of benzene rings is 1. The van der Waals surface area contributed by atoms with Crippen LogP contribution in [0.15, 0.2) is 24.3 Å². The molecule has 1 aromatic carbocycles. The molecule has 1 N–H and O–H groups in total. The van der Waals surface area contributed by atoms with Gasteiger partial charge in [0, 0.05) is 19.5 Å². The number of likely N-dealkylation sites (tertiary alicyclic amines) is 1. The first-order valence-corrected chi connectivity index (χ1v) is 8.87. The maximum absolute atomic E-state index is 12.4. The number of nitrogens with one attached hydrogen (secondary N) is 1. The topological polar surface area (TPSA) is 41.6 Å². The van der Waals surface area contributed by atoms with Gasteiger partial charge in [-0.15, -0.1) is 12.4 Å². The van der Waals surface area contributed by atoms with Gasteiger partial charge in [0.25, 0.3) is 0 Å². The van der Waals surface area contributed by atoms with Crippen LogP contribution in [0.3, 0.4) is 0 Å². The van der Waals surface area contributed by atoms with Gasteiger partial charge < -0.3 is 15.0 Å². The summed E-state index contributed by atoms with van der Waals surface area (Å²) in [6.45, 7) is 5.55. The molecule has 0 saturated carbocycles. The number of hydrogen-bond donors (Lipinski definition) is 1. The molecule has 2 rings (SSSR count). The average Bonchev–Trinajstić information content (AvgIpc) is 2.59. The molecule has 0 aromatic heterocycles. The SMILES string of the molecule is CCOc1ccccc1CCC(=O)N1CCC(CCNC)CC1.Cl. The number of ether oxygens (including phenoxy) is 1. The Bertz CT molecular complexity index is 488. The molecule has 136 valence electrons. The van der Waals surface area contributed by atoms with Crippen molar-refractivity contribution >= 4 is 18.3 Å². The number of carbonyl (C=O) groups is 1. The van der Waals surface area contributed by atoms with E-state index in [2.05, 4.69) is 11.4 Å². The van der Waals surface area contributed by atoms with Crippen LogP contribution in [0, 0.1) is 5.92 Å². The number of para-hydroxylation sites is 1. The highest BCUT2D eigenvalue weighted by Gasteiger charge is 2.22. The smallest absolute Gasteiger partial charge is 0.222 e. The fourth-order valence-electron chi connectivity index (χ4n) is 3.23. The first-order chi connectivity index (χ1) is 11.2. The Morgan fingerprint density at radius 1 is 1.29 bits per heavy atom. The Morgan fingerprint density at radius 3 is 2.67 bits per heavy atom. The highest BCUT2D eigenvalue weighted by atomic mass is 35.5. The second-order valence-corrected chi connectivity index (χ2v) is 6.26. The zero-order valence-electron chi connectivity index (χ0n) is 14.9. The Balaban J connectivity index is 0.00000288. The van der Waals surface area contributed by atoms with E-state index in [4.69, 9.17) is 4.74 Å². The number of halogens is 1. The van der Waals surface area contributed by atoms with Crippen molar-refractivity contribution in [3.8, 4) is 5.75 Å². The third kappa shape index (κ3) is 6.33. The molecule has 0 spiro atoms. The Hall–Kier alpha value is -1.26. The lowest BCUT2D eigenvalue weighted by Gasteiger charge is -2.32. The van der Waals surface area contributed by atoms with Gasteiger partial charge in [0.05, 0.1) is 6.61 Å². The lowest BCUT2D eigenvalue weighted by molar-refractivity contribution is -0.132. The van der Waals surface area contributed by atoms with E-state index in [1.165, 1.54) is 6.42 Å². The lowest BCUT2D eigenvalue weighted by atomic mass is 9.93. The van der Waals surface area contributed by atoms with Crippen LogP contribution < -0.4 is 10.1 Å². The second-order valence-electron chi connectivity index (χ2n) is 6.26. The molecule has 1 aliphatic rings. The average molecular weight is 355 g/mol. The minimum atomic E-state index is 0. The molecule has 24 heavy (non-hydrogen) atoms. The van der Waals surface area contributed by atoms with E-state index in [9.17, 15) is 4.79 Å². The zero-order chi connectivity index (χ0) is 16.5. The van der Waals surface area contributed by atoms with Crippen LogP contribution in [0.1, 0.15) is 38.2 Å². The number of aryl methyl sites for hydroxylation is 1. The predicted octanol–water partition coefficient (Wildman–Crippen LogP) is 3.29. The van der Waals surface area contributed by atoms with Crippen molar-refractivity contribution < 1.29 is 9.53 Å². The van der Waals surface area contributed by atoms with E-state index in [1.54, 1.807) is 0 Å². The quantitative estimate of drug-likeness (QED) is 0.778. The molecule has 1 saturated heterocycles. The van der Waals surface area contributed by atoms with Crippen LogP contribution in [-0.4, -0.2) is 44.1 Å². The summed E-state index contributed by atoms with van der Waals surface area (Å²) in [5, 5.41) is 3.21. The van der Waals surface area contributed by atoms with Gasteiger partial charge in [0.2, 0.25) is 5.91 Å². The fourth-order valence-corrected chi connectivity index (χ4v) is 3.23. The molecular formula is C19H31ClN2O2. The van der Waals surface area contributed by atoms with Crippen LogP contribution in [0.2, 0.25) is 0 Å². The summed E-state index contributed by atoms with van der Waals surface area (Å²) in [7, 11) is 2.00. The highest BCUT2D eigenvalue weighted by Crippen LogP contribution is 2.22. The zero-order valence-corrected chi connectivity index (χ0v) is 15.7. The molecule has 1 amide bonds. The van der Waals surface area contributed by atoms with Crippen molar-refractivity contribution in [3.05, 3.63) is 29.8 Å². The maximum atomic E-state index is 12.4. The third-order valence-corrected chi connectivity index (χ3v) is 4.65. The molecular weight excluding hydrogens is 324 g/mol. The van der Waals surface area contributed by atoms with Crippen molar-refractivity contribution in [1.82, 2.24) is 10.2 Å². The van der Waals surface area contributed by atoms with Gasteiger partial charge in [0.15, 0.2) is 0 Å². The van der Waals surface area contributed by atoms with E-state index in [0.29, 0.717) is 13.0 Å². The van der Waals surface area contributed by atoms with Crippen molar-refractivity contribution in [2.75, 3.05) is 33.3 Å². The first-order valence-electron chi connectivity index (χ1n) is 8.87. The molecule has 0 bridgehead atoms. The molecule has 1 aliphatic heterocycles. The Kier molecular flexibility index (Phi) is 9.80. The number of rotatable bonds is 8. The van der Waals surface area contributed by atoms with Crippen LogP contribution >= 0.6 is 12.4 Å². The number of hydrogen-bond acceptors (Lipinski definition) is 3. The highest BCUT2D eigenvalue weighted by molar-refractivity contribution is 5.85. The molecule has 4 nitrogen and oxygen atoms in total.